The van der Waals surface area contributed by atoms with E-state index in [0.717, 1.165) is 0 Å². The molecule has 104 valence electrons. The van der Waals surface area contributed by atoms with Crippen molar-refractivity contribution in [3.63, 3.8) is 0 Å². The van der Waals surface area contributed by atoms with E-state index >= 15 is 0 Å². The molecule has 0 saturated carbocycles. The molecule has 3 amide bonds. The van der Waals surface area contributed by atoms with E-state index in [1.165, 1.54) is 0 Å². The summed E-state index contributed by atoms with van der Waals surface area (Å²) in [5.41, 5.74) is 4.67. The van der Waals surface area contributed by atoms with Gasteiger partial charge >= 0.3 is 6.03 Å². The zero-order valence-electron chi connectivity index (χ0n) is 10.5. The fourth-order valence-electron chi connectivity index (χ4n) is 1.73. The van der Waals surface area contributed by atoms with Crippen molar-refractivity contribution in [2.24, 2.45) is 5.73 Å². The number of urea groups is 1. The maximum atomic E-state index is 12.0. The predicted molar refractivity (Wildman–Crippen MR) is 72.3 cm³/mol. The number of rotatable bonds is 4. The highest BCUT2D eigenvalue weighted by molar-refractivity contribution is 6.04. The average molecular weight is 275 g/mol. The van der Waals surface area contributed by atoms with E-state index in [1.54, 1.807) is 24.3 Å². The van der Waals surface area contributed by atoms with E-state index in [0.29, 0.717) is 10.8 Å². The number of aromatic amines is 1. The Kier molecular flexibility index (Phi) is 3.94. The number of carbonyl (C=O) groups is 2. The lowest BCUT2D eigenvalue weighted by Gasteiger charge is -2.06. The van der Waals surface area contributed by atoms with Gasteiger partial charge in [-0.3, -0.25) is 9.59 Å². The van der Waals surface area contributed by atoms with Crippen LogP contribution in [0.3, 0.4) is 0 Å². The summed E-state index contributed by atoms with van der Waals surface area (Å²) in [7, 11) is 0. The van der Waals surface area contributed by atoms with Gasteiger partial charge in [0.2, 0.25) is 0 Å². The third-order valence-electron chi connectivity index (χ3n) is 2.62. The van der Waals surface area contributed by atoms with E-state index in [1.807, 2.05) is 0 Å². The van der Waals surface area contributed by atoms with Gasteiger partial charge in [-0.1, -0.05) is 18.2 Å². The second-order valence-electron chi connectivity index (χ2n) is 3.99. The molecule has 0 aliphatic carbocycles. The van der Waals surface area contributed by atoms with Gasteiger partial charge in [0, 0.05) is 18.5 Å². The van der Waals surface area contributed by atoms with Crippen molar-refractivity contribution < 1.29 is 9.59 Å². The van der Waals surface area contributed by atoms with Gasteiger partial charge in [0.05, 0.1) is 5.39 Å². The lowest BCUT2D eigenvalue weighted by Crippen LogP contribution is -2.37. The van der Waals surface area contributed by atoms with Gasteiger partial charge in [0.25, 0.3) is 11.5 Å². The fraction of sp³-hybridized carbons (Fsp3) is 0.167. The number of benzene rings is 1. The summed E-state index contributed by atoms with van der Waals surface area (Å²) in [5.74, 6) is -0.441. The minimum Gasteiger partial charge on any atom is -0.352 e. The maximum absolute atomic E-state index is 12.0. The number of carbonyl (C=O) groups excluding carboxylic acids is 2. The standard InChI is InChI=1S/C12H13N5O3/c13-12(20)15-6-5-14-11(19)9-7-3-1-2-4-8(7)10(18)17-16-9/h1-4H,5-6H2,(H,14,19)(H,17,18)(H3,13,15,20). The maximum Gasteiger partial charge on any atom is 0.312 e. The molecule has 2 rings (SSSR count). The third kappa shape index (κ3) is 2.91. The fourth-order valence-corrected chi connectivity index (χ4v) is 1.73. The number of nitrogens with two attached hydrogens (primary N) is 1. The van der Waals surface area contributed by atoms with Crippen LogP contribution in [0.15, 0.2) is 29.1 Å². The highest BCUT2D eigenvalue weighted by atomic mass is 16.2. The normalized spacial score (nSPS) is 10.2. The Morgan fingerprint density at radius 1 is 1.15 bits per heavy atom. The average Bonchev–Trinajstić information content (AvgIpc) is 2.44. The molecule has 5 N–H and O–H groups in total. The van der Waals surface area contributed by atoms with Crippen LogP contribution in [-0.2, 0) is 0 Å². The number of H-pyrrole nitrogens is 1. The Balaban J connectivity index is 2.16. The second kappa shape index (κ2) is 5.83. The summed E-state index contributed by atoms with van der Waals surface area (Å²) in [6, 6.07) is 6.02. The van der Waals surface area contributed by atoms with Crippen LogP contribution in [0.25, 0.3) is 10.8 Å². The first kappa shape index (κ1) is 13.5. The number of hydrogen-bond acceptors (Lipinski definition) is 4. The van der Waals surface area contributed by atoms with Gasteiger partial charge in [0.15, 0.2) is 5.69 Å². The zero-order valence-corrected chi connectivity index (χ0v) is 10.5. The molecule has 8 nitrogen and oxygen atoms in total. The van der Waals surface area contributed by atoms with Crippen molar-refractivity contribution in [2.75, 3.05) is 13.1 Å². The van der Waals surface area contributed by atoms with E-state index in [4.69, 9.17) is 5.73 Å². The van der Waals surface area contributed by atoms with Gasteiger partial charge in [-0.05, 0) is 6.07 Å². The summed E-state index contributed by atoms with van der Waals surface area (Å²) in [6.45, 7) is 0.416. The zero-order chi connectivity index (χ0) is 14.5. The first-order valence-corrected chi connectivity index (χ1v) is 5.88. The Morgan fingerprint density at radius 2 is 1.80 bits per heavy atom. The first-order chi connectivity index (χ1) is 9.59. The summed E-state index contributed by atoms with van der Waals surface area (Å²) in [6.07, 6.45) is 0. The summed E-state index contributed by atoms with van der Waals surface area (Å²) in [4.78, 5) is 34.0. The van der Waals surface area contributed by atoms with Gasteiger partial charge in [0.1, 0.15) is 0 Å². The quantitative estimate of drug-likeness (QED) is 0.551. The number of hydrogen-bond donors (Lipinski definition) is 4. The molecule has 1 heterocycles. The van der Waals surface area contributed by atoms with E-state index in [-0.39, 0.29) is 24.3 Å². The Bertz CT molecular complexity index is 710. The van der Waals surface area contributed by atoms with Crippen LogP contribution in [0.2, 0.25) is 0 Å². The molecule has 0 spiro atoms. The lowest BCUT2D eigenvalue weighted by atomic mass is 10.1. The molecule has 0 radical (unpaired) electrons. The molecule has 0 bridgehead atoms. The Morgan fingerprint density at radius 3 is 2.50 bits per heavy atom. The van der Waals surface area contributed by atoms with Crippen LogP contribution in [0.5, 0.6) is 0 Å². The van der Waals surface area contributed by atoms with Crippen molar-refractivity contribution in [1.29, 1.82) is 0 Å². The van der Waals surface area contributed by atoms with Crippen LogP contribution < -0.4 is 21.9 Å². The number of primary amides is 1. The highest BCUT2D eigenvalue weighted by Gasteiger charge is 2.13. The van der Waals surface area contributed by atoms with Crippen molar-refractivity contribution in [3.8, 4) is 0 Å². The molecule has 0 aliphatic rings. The number of aromatic nitrogens is 2. The highest BCUT2D eigenvalue weighted by Crippen LogP contribution is 2.11. The van der Waals surface area contributed by atoms with Gasteiger partial charge < -0.3 is 16.4 Å². The molecule has 8 heteroatoms. The second-order valence-corrected chi connectivity index (χ2v) is 3.99. The van der Waals surface area contributed by atoms with Crippen molar-refractivity contribution in [3.05, 3.63) is 40.3 Å². The van der Waals surface area contributed by atoms with Crippen LogP contribution in [0.1, 0.15) is 10.5 Å². The van der Waals surface area contributed by atoms with Crippen molar-refractivity contribution in [2.45, 2.75) is 0 Å². The predicted octanol–water partition coefficient (Wildman–Crippen LogP) is -0.679. The molecular formula is C12H13N5O3. The smallest absolute Gasteiger partial charge is 0.312 e. The van der Waals surface area contributed by atoms with Crippen LogP contribution >= 0.6 is 0 Å². The number of fused-ring (bicyclic) bond motifs is 1. The SMILES string of the molecule is NC(=O)NCCNC(=O)c1n[nH]c(=O)c2ccccc12. The molecule has 1 aromatic heterocycles. The lowest BCUT2D eigenvalue weighted by molar-refractivity contribution is 0.0949. The number of nitrogens with zero attached hydrogens (tertiary/aromatic N) is 1. The van der Waals surface area contributed by atoms with Crippen LogP contribution in [-0.4, -0.2) is 35.2 Å². The summed E-state index contributed by atoms with van der Waals surface area (Å²) in [5, 5.41) is 11.8. The molecular weight excluding hydrogens is 262 g/mol. The molecule has 1 aromatic carbocycles. The van der Waals surface area contributed by atoms with Gasteiger partial charge in [-0.25, -0.2) is 9.89 Å². The third-order valence-corrected chi connectivity index (χ3v) is 2.62. The topological polar surface area (TPSA) is 130 Å². The molecule has 0 fully saturated rings. The summed E-state index contributed by atoms with van der Waals surface area (Å²) >= 11 is 0. The van der Waals surface area contributed by atoms with Crippen molar-refractivity contribution in [1.82, 2.24) is 20.8 Å². The Labute approximate surface area is 113 Å². The van der Waals surface area contributed by atoms with Gasteiger partial charge in [-0.2, -0.15) is 5.10 Å². The van der Waals surface area contributed by atoms with E-state index in [9.17, 15) is 14.4 Å². The minimum absolute atomic E-state index is 0.124. The Hall–Kier alpha value is -2.90. The van der Waals surface area contributed by atoms with E-state index in [2.05, 4.69) is 20.8 Å². The minimum atomic E-state index is -0.660. The van der Waals surface area contributed by atoms with Crippen LogP contribution in [0.4, 0.5) is 4.79 Å². The number of nitrogens with one attached hydrogen (secondary N) is 3. The number of amides is 3. The van der Waals surface area contributed by atoms with Crippen molar-refractivity contribution >= 4 is 22.7 Å². The van der Waals surface area contributed by atoms with Crippen LogP contribution in [0, 0.1) is 0 Å². The molecule has 2 aromatic rings. The van der Waals surface area contributed by atoms with Gasteiger partial charge in [-0.15, -0.1) is 0 Å². The molecule has 0 atom stereocenters. The monoisotopic (exact) mass is 275 g/mol. The first-order valence-electron chi connectivity index (χ1n) is 5.88. The molecule has 0 aliphatic heterocycles. The largest absolute Gasteiger partial charge is 0.352 e. The molecule has 20 heavy (non-hydrogen) atoms. The molecule has 0 unspecified atom stereocenters. The molecule has 0 saturated heterocycles. The summed E-state index contributed by atoms with van der Waals surface area (Å²) < 4.78 is 0. The van der Waals surface area contributed by atoms with E-state index < -0.39 is 11.9 Å².